The molecule has 0 N–H and O–H groups in total. The van der Waals surface area contributed by atoms with Crippen molar-refractivity contribution in [2.24, 2.45) is 5.41 Å². The first-order valence-electron chi connectivity index (χ1n) is 11.2. The number of benzene rings is 3. The van der Waals surface area contributed by atoms with E-state index >= 15 is 0 Å². The van der Waals surface area contributed by atoms with Gasteiger partial charge in [-0.25, -0.2) is 0 Å². The number of aromatic carboxylic acids is 2. The maximum Gasteiger partial charge on any atom is 0.416 e. The van der Waals surface area contributed by atoms with E-state index in [1.54, 1.807) is 12.1 Å². The van der Waals surface area contributed by atoms with Crippen molar-refractivity contribution in [3.63, 3.8) is 0 Å². The Balaban J connectivity index is 2.01. The fourth-order valence-electron chi connectivity index (χ4n) is 4.82. The molecule has 0 atom stereocenters. The van der Waals surface area contributed by atoms with Gasteiger partial charge in [-0.3, -0.25) is 4.79 Å². The van der Waals surface area contributed by atoms with E-state index in [2.05, 4.69) is 0 Å². The first kappa shape index (κ1) is 28.2. The number of hydrogen-bond acceptors (Lipinski definition) is 6. The lowest BCUT2D eigenvalue weighted by Gasteiger charge is -2.38. The largest absolute Gasteiger partial charge is 0.545 e. The minimum Gasteiger partial charge on any atom is -0.545 e. The van der Waals surface area contributed by atoms with Gasteiger partial charge in [-0.15, -0.1) is 11.8 Å². The highest BCUT2D eigenvalue weighted by Gasteiger charge is 2.47. The van der Waals surface area contributed by atoms with Crippen LogP contribution in [0.25, 0.3) is 0 Å². The Bertz CT molecular complexity index is 1400. The Hall–Kier alpha value is -3.80. The first-order chi connectivity index (χ1) is 18.2. The Morgan fingerprint density at radius 1 is 0.744 bits per heavy atom. The normalized spacial score (nSPS) is 15.1. The molecule has 0 spiro atoms. The first-order valence-corrected chi connectivity index (χ1v) is 12.2. The third kappa shape index (κ3) is 5.38. The van der Waals surface area contributed by atoms with Gasteiger partial charge < -0.3 is 19.8 Å². The van der Waals surface area contributed by atoms with Crippen LogP contribution in [0.1, 0.15) is 53.3 Å². The topological polar surface area (TPSA) is 97.3 Å². The molecule has 0 unspecified atom stereocenters. The van der Waals surface area contributed by atoms with Crippen molar-refractivity contribution in [1.82, 2.24) is 0 Å². The number of carbonyl (C=O) groups is 3. The molecule has 4 rings (SSSR count). The summed E-state index contributed by atoms with van der Waals surface area (Å²) in [6, 6.07) is 10.5. The molecule has 39 heavy (non-hydrogen) atoms. The number of rotatable bonds is 6. The molecule has 1 heterocycles. The summed E-state index contributed by atoms with van der Waals surface area (Å²) in [5.74, 6) is -5.16. The molecular weight excluding hydrogens is 550 g/mol. The molecule has 3 aromatic carbocycles. The maximum atomic E-state index is 14.0. The number of halogens is 6. The van der Waals surface area contributed by atoms with Gasteiger partial charge in [0.2, 0.25) is 0 Å². The van der Waals surface area contributed by atoms with E-state index < -0.39 is 81.7 Å². The molecule has 0 amide bonds. The summed E-state index contributed by atoms with van der Waals surface area (Å²) in [5.41, 5.74) is -8.36. The minimum absolute atomic E-state index is 0.00716. The Kier molecular flexibility index (Phi) is 7.28. The predicted octanol–water partition coefficient (Wildman–Crippen LogP) is 4.21. The predicted molar refractivity (Wildman–Crippen MR) is 123 cm³/mol. The summed E-state index contributed by atoms with van der Waals surface area (Å²) >= 11 is 0.984. The third-order valence-electron chi connectivity index (χ3n) is 6.55. The fraction of sp³-hybridized carbons (Fsp3) is 0.222. The highest BCUT2D eigenvalue weighted by molar-refractivity contribution is 7.99. The summed E-state index contributed by atoms with van der Waals surface area (Å²) in [4.78, 5) is 38.0. The van der Waals surface area contributed by atoms with Gasteiger partial charge in [0, 0.05) is 27.3 Å². The van der Waals surface area contributed by atoms with E-state index in [9.17, 15) is 50.9 Å². The van der Waals surface area contributed by atoms with E-state index in [-0.39, 0.29) is 11.3 Å². The maximum absolute atomic E-state index is 14.0. The Labute approximate surface area is 221 Å². The average molecular weight is 566 g/mol. The van der Waals surface area contributed by atoms with Crippen molar-refractivity contribution < 1.29 is 50.9 Å². The quantitative estimate of drug-likeness (QED) is 0.415. The Morgan fingerprint density at radius 3 is 1.64 bits per heavy atom. The average Bonchev–Trinajstić information content (AvgIpc) is 2.85. The fourth-order valence-corrected chi connectivity index (χ4v) is 6.08. The standard InChI is InChI=1S/C27H18F6O5S/c28-26(29,30)19-8-3-6-14(23(35)36)17(19)11-25(13-39-21-10-2-1-5-16(21)22(25)34)12-18-15(24(37)38)7-4-9-20(18)27(31,32)33/h1-10H,11-13H2,(H,35,36)(H,37,38)/p-2. The second kappa shape index (κ2) is 10.1. The van der Waals surface area contributed by atoms with Gasteiger partial charge in [0.1, 0.15) is 0 Å². The molecular formula is C27H16F6O5S-2. The van der Waals surface area contributed by atoms with Crippen LogP contribution in [0.4, 0.5) is 26.3 Å². The van der Waals surface area contributed by atoms with Gasteiger partial charge >= 0.3 is 12.4 Å². The van der Waals surface area contributed by atoms with Gasteiger partial charge in [-0.2, -0.15) is 26.3 Å². The van der Waals surface area contributed by atoms with Crippen LogP contribution in [-0.4, -0.2) is 23.5 Å². The van der Waals surface area contributed by atoms with E-state index in [0.29, 0.717) is 17.0 Å². The van der Waals surface area contributed by atoms with Crippen LogP contribution in [0.5, 0.6) is 0 Å². The third-order valence-corrected chi connectivity index (χ3v) is 7.91. The lowest BCUT2D eigenvalue weighted by molar-refractivity contribution is -0.256. The minimum atomic E-state index is -5.08. The van der Waals surface area contributed by atoms with Gasteiger partial charge in [0.15, 0.2) is 5.78 Å². The molecule has 0 saturated carbocycles. The molecule has 0 saturated heterocycles. The van der Waals surface area contributed by atoms with Gasteiger partial charge in [0.05, 0.1) is 28.5 Å². The number of carboxylic acids is 2. The van der Waals surface area contributed by atoms with Crippen molar-refractivity contribution in [1.29, 1.82) is 0 Å². The molecule has 0 aromatic heterocycles. The SMILES string of the molecule is O=C([O-])c1cccc(C(F)(F)F)c1CC1(Cc2c(C(=O)[O-])cccc2C(F)(F)F)CSc2ccccc2C1=O. The zero-order chi connectivity index (χ0) is 28.8. The van der Waals surface area contributed by atoms with Crippen LogP contribution in [-0.2, 0) is 25.2 Å². The molecule has 5 nitrogen and oxygen atoms in total. The molecule has 0 radical (unpaired) electrons. The number of Topliss-reactive ketones (excluding diaryl/α,β-unsaturated/α-hetero) is 1. The molecule has 0 bridgehead atoms. The van der Waals surface area contributed by atoms with E-state index in [0.717, 1.165) is 36.0 Å². The number of fused-ring (bicyclic) bond motifs is 1. The van der Waals surface area contributed by atoms with Gasteiger partial charge in [0.25, 0.3) is 0 Å². The zero-order valence-electron chi connectivity index (χ0n) is 19.6. The van der Waals surface area contributed by atoms with Crippen LogP contribution < -0.4 is 10.2 Å². The molecule has 204 valence electrons. The summed E-state index contributed by atoms with van der Waals surface area (Å²) in [5, 5.41) is 23.6. The smallest absolute Gasteiger partial charge is 0.416 e. The van der Waals surface area contributed by atoms with Crippen molar-refractivity contribution in [2.45, 2.75) is 30.1 Å². The lowest BCUT2D eigenvalue weighted by atomic mass is 9.70. The number of alkyl halides is 6. The van der Waals surface area contributed by atoms with Crippen molar-refractivity contribution in [2.75, 3.05) is 5.75 Å². The van der Waals surface area contributed by atoms with Crippen LogP contribution in [0.15, 0.2) is 65.6 Å². The van der Waals surface area contributed by atoms with Crippen molar-refractivity contribution in [3.8, 4) is 0 Å². The van der Waals surface area contributed by atoms with Crippen molar-refractivity contribution >= 4 is 29.5 Å². The lowest BCUT2D eigenvalue weighted by Crippen LogP contribution is -2.43. The van der Waals surface area contributed by atoms with Crippen LogP contribution in [0.2, 0.25) is 0 Å². The second-order valence-electron chi connectivity index (χ2n) is 8.98. The number of ketones is 1. The van der Waals surface area contributed by atoms with Crippen LogP contribution in [0.3, 0.4) is 0 Å². The highest BCUT2D eigenvalue weighted by Crippen LogP contribution is 2.48. The summed E-state index contributed by atoms with van der Waals surface area (Å²) < 4.78 is 83.9. The Morgan fingerprint density at radius 2 is 1.21 bits per heavy atom. The highest BCUT2D eigenvalue weighted by atomic mass is 32.2. The second-order valence-corrected chi connectivity index (χ2v) is 10.00. The molecule has 0 aliphatic carbocycles. The van der Waals surface area contributed by atoms with Crippen LogP contribution >= 0.6 is 11.8 Å². The van der Waals surface area contributed by atoms with Gasteiger partial charge in [-0.05, 0) is 42.2 Å². The van der Waals surface area contributed by atoms with Crippen LogP contribution in [0, 0.1) is 5.41 Å². The van der Waals surface area contributed by atoms with E-state index in [4.69, 9.17) is 0 Å². The summed E-state index contributed by atoms with van der Waals surface area (Å²) in [6.45, 7) is 0. The summed E-state index contributed by atoms with van der Waals surface area (Å²) in [7, 11) is 0. The molecule has 1 aliphatic rings. The number of carbonyl (C=O) groups excluding carboxylic acids is 3. The number of thioether (sulfide) groups is 1. The zero-order valence-corrected chi connectivity index (χ0v) is 20.4. The molecule has 1 aliphatic heterocycles. The van der Waals surface area contributed by atoms with E-state index in [1.165, 1.54) is 12.1 Å². The van der Waals surface area contributed by atoms with Gasteiger partial charge in [-0.1, -0.05) is 42.5 Å². The molecule has 0 fully saturated rings. The molecule has 12 heteroatoms. The monoisotopic (exact) mass is 566 g/mol. The number of carboxylic acid groups (broad SMARTS) is 2. The number of hydrogen-bond donors (Lipinski definition) is 0. The van der Waals surface area contributed by atoms with E-state index in [1.807, 2.05) is 0 Å². The molecule has 3 aromatic rings. The van der Waals surface area contributed by atoms with Crippen molar-refractivity contribution in [3.05, 3.63) is 99.6 Å². The summed E-state index contributed by atoms with van der Waals surface area (Å²) in [6.07, 6.45) is -12.1.